The topological polar surface area (TPSA) is 48.1 Å². The number of aromatic amines is 1. The summed E-state index contributed by atoms with van der Waals surface area (Å²) in [6.07, 6.45) is 7.72. The van der Waals surface area contributed by atoms with Gasteiger partial charge in [-0.25, -0.2) is 0 Å². The van der Waals surface area contributed by atoms with E-state index in [1.54, 1.807) is 0 Å². The molecule has 2 heterocycles. The van der Waals surface area contributed by atoms with E-state index >= 15 is 0 Å². The maximum atomic E-state index is 12.9. The van der Waals surface area contributed by atoms with Gasteiger partial charge < -0.3 is 10.3 Å². The zero-order valence-corrected chi connectivity index (χ0v) is 15.6. The molecule has 0 spiro atoms. The largest absolute Gasteiger partial charge is 0.361 e. The highest BCUT2D eigenvalue weighted by Gasteiger charge is 2.39. The Morgan fingerprint density at radius 1 is 1.38 bits per heavy atom. The molecular weight excluding hydrogens is 322 g/mol. The molecule has 1 fully saturated rings. The number of amides is 1. The first-order valence-electron chi connectivity index (χ1n) is 10.0. The number of aromatic nitrogens is 1. The molecule has 4 atom stereocenters. The summed E-state index contributed by atoms with van der Waals surface area (Å²) >= 11 is 0. The van der Waals surface area contributed by atoms with Gasteiger partial charge in [0.1, 0.15) is 0 Å². The van der Waals surface area contributed by atoms with Crippen molar-refractivity contribution in [3.8, 4) is 0 Å². The molecule has 1 aliphatic heterocycles. The first kappa shape index (κ1) is 16.1. The average molecular weight is 349 g/mol. The molecule has 2 aliphatic carbocycles. The Hall–Kier alpha value is -2.07. The number of benzene rings is 1. The molecule has 1 aromatic heterocycles. The molecule has 2 aromatic rings. The fraction of sp³-hybridized carbons (Fsp3) is 0.500. The van der Waals surface area contributed by atoms with Crippen molar-refractivity contribution in [2.24, 2.45) is 11.8 Å². The lowest BCUT2D eigenvalue weighted by Gasteiger charge is -2.41. The second-order valence-corrected chi connectivity index (χ2v) is 8.31. The summed E-state index contributed by atoms with van der Waals surface area (Å²) in [5, 5.41) is 4.60. The molecule has 1 saturated carbocycles. The van der Waals surface area contributed by atoms with Gasteiger partial charge in [-0.2, -0.15) is 0 Å². The minimum absolute atomic E-state index is 0.0450. The van der Waals surface area contributed by atoms with E-state index in [0.29, 0.717) is 18.0 Å². The van der Waals surface area contributed by atoms with Gasteiger partial charge in [0.05, 0.1) is 5.92 Å². The zero-order valence-electron chi connectivity index (χ0n) is 15.6. The summed E-state index contributed by atoms with van der Waals surface area (Å²) < 4.78 is 0. The van der Waals surface area contributed by atoms with Crippen LogP contribution in [0.1, 0.15) is 37.8 Å². The number of rotatable bonds is 4. The predicted molar refractivity (Wildman–Crippen MR) is 105 cm³/mol. The molecule has 0 bridgehead atoms. The number of carbonyl (C=O) groups is 1. The summed E-state index contributed by atoms with van der Waals surface area (Å²) in [4.78, 5) is 18.8. The smallest absolute Gasteiger partial charge is 0.228 e. The Morgan fingerprint density at radius 3 is 3.00 bits per heavy atom. The normalized spacial score (nSPS) is 30.0. The Labute approximate surface area is 154 Å². The number of carbonyl (C=O) groups excluding carboxylic acids is 1. The van der Waals surface area contributed by atoms with E-state index in [9.17, 15) is 4.79 Å². The average Bonchev–Trinajstić information content (AvgIpc) is 3.17. The van der Waals surface area contributed by atoms with Crippen molar-refractivity contribution in [1.29, 1.82) is 0 Å². The minimum Gasteiger partial charge on any atom is -0.361 e. The molecular formula is C22H27N3O. The number of hydrogen-bond donors (Lipinski definition) is 2. The first-order chi connectivity index (χ1) is 12.7. The van der Waals surface area contributed by atoms with Gasteiger partial charge in [0.2, 0.25) is 5.91 Å². The van der Waals surface area contributed by atoms with Crippen LogP contribution in [0.2, 0.25) is 0 Å². The Morgan fingerprint density at radius 2 is 2.23 bits per heavy atom. The number of nitrogens with one attached hydrogen (secondary N) is 2. The molecule has 5 rings (SSSR count). The van der Waals surface area contributed by atoms with Gasteiger partial charge in [-0.3, -0.25) is 9.69 Å². The number of H-pyrrole nitrogens is 1. The van der Waals surface area contributed by atoms with Crippen molar-refractivity contribution in [2.45, 2.75) is 45.2 Å². The van der Waals surface area contributed by atoms with Gasteiger partial charge in [-0.1, -0.05) is 32.1 Å². The van der Waals surface area contributed by atoms with Gasteiger partial charge in [0.25, 0.3) is 0 Å². The SMILES string of the molecule is CCCN1C[C@H](C(=O)N[C@@H]2C[C@H]2C)C=C2c3cccc4[nH]cc(c34)C[C@H]21. The lowest BCUT2D eigenvalue weighted by molar-refractivity contribution is -0.124. The molecule has 1 amide bonds. The van der Waals surface area contributed by atoms with Gasteiger partial charge in [-0.05, 0) is 54.5 Å². The van der Waals surface area contributed by atoms with Gasteiger partial charge in [-0.15, -0.1) is 0 Å². The van der Waals surface area contributed by atoms with Crippen molar-refractivity contribution in [3.05, 3.63) is 41.6 Å². The van der Waals surface area contributed by atoms with E-state index in [4.69, 9.17) is 0 Å². The molecule has 3 aliphatic rings. The maximum Gasteiger partial charge on any atom is 0.228 e. The molecule has 0 saturated heterocycles. The Balaban J connectivity index is 1.54. The standard InChI is InChI=1S/C22H27N3O/c1-3-7-25-12-15(22(26)24-19-8-13(19)2)9-17-16-5-4-6-18-21(16)14(11-23-18)10-20(17)25/h4-6,9,11,13,15,19-20,23H,3,7-8,10,12H2,1-2H3,(H,24,26)/t13-,15-,19-,20-/m1/s1. The molecule has 2 N–H and O–H groups in total. The summed E-state index contributed by atoms with van der Waals surface area (Å²) in [5.41, 5.74) is 5.28. The fourth-order valence-corrected chi connectivity index (χ4v) is 4.84. The van der Waals surface area contributed by atoms with Crippen molar-refractivity contribution in [2.75, 3.05) is 13.1 Å². The number of nitrogens with zero attached hydrogens (tertiary/aromatic N) is 1. The van der Waals surface area contributed by atoms with Crippen LogP contribution in [0.25, 0.3) is 16.5 Å². The Bertz CT molecular complexity index is 896. The van der Waals surface area contributed by atoms with Crippen LogP contribution in [0.5, 0.6) is 0 Å². The molecule has 1 aromatic carbocycles. The van der Waals surface area contributed by atoms with Crippen molar-refractivity contribution in [3.63, 3.8) is 0 Å². The van der Waals surface area contributed by atoms with E-state index in [-0.39, 0.29) is 11.8 Å². The van der Waals surface area contributed by atoms with E-state index in [2.05, 4.69) is 59.5 Å². The van der Waals surface area contributed by atoms with Crippen molar-refractivity contribution in [1.82, 2.24) is 15.2 Å². The summed E-state index contributed by atoms with van der Waals surface area (Å²) in [7, 11) is 0. The van der Waals surface area contributed by atoms with E-state index < -0.39 is 0 Å². The highest BCUT2D eigenvalue weighted by molar-refractivity contribution is 5.99. The minimum atomic E-state index is -0.0450. The second kappa shape index (κ2) is 5.98. The van der Waals surface area contributed by atoms with Crippen LogP contribution in [0.15, 0.2) is 30.5 Å². The van der Waals surface area contributed by atoms with Crippen LogP contribution < -0.4 is 5.32 Å². The highest BCUT2D eigenvalue weighted by Crippen LogP contribution is 2.41. The molecule has 4 heteroatoms. The second-order valence-electron chi connectivity index (χ2n) is 8.31. The van der Waals surface area contributed by atoms with Gasteiger partial charge in [0.15, 0.2) is 0 Å². The molecule has 0 radical (unpaired) electrons. The van der Waals surface area contributed by atoms with E-state index in [1.807, 2.05) is 0 Å². The number of hydrogen-bond acceptors (Lipinski definition) is 2. The summed E-state index contributed by atoms with van der Waals surface area (Å²) in [5.74, 6) is 0.801. The maximum absolute atomic E-state index is 12.9. The quantitative estimate of drug-likeness (QED) is 0.889. The summed E-state index contributed by atoms with van der Waals surface area (Å²) in [6.45, 7) is 6.31. The molecule has 136 valence electrons. The van der Waals surface area contributed by atoms with Crippen LogP contribution in [0.4, 0.5) is 0 Å². The van der Waals surface area contributed by atoms with Crippen LogP contribution in [0, 0.1) is 11.8 Å². The van der Waals surface area contributed by atoms with Crippen LogP contribution in [-0.2, 0) is 11.2 Å². The van der Waals surface area contributed by atoms with Gasteiger partial charge >= 0.3 is 0 Å². The summed E-state index contributed by atoms with van der Waals surface area (Å²) in [6, 6.07) is 7.29. The molecule has 4 nitrogen and oxygen atoms in total. The van der Waals surface area contributed by atoms with Crippen LogP contribution in [-0.4, -0.2) is 41.0 Å². The molecule has 26 heavy (non-hydrogen) atoms. The van der Waals surface area contributed by atoms with E-state index in [1.165, 1.54) is 27.6 Å². The van der Waals surface area contributed by atoms with Crippen molar-refractivity contribution < 1.29 is 4.79 Å². The lowest BCUT2D eigenvalue weighted by Crippen LogP contribution is -2.49. The highest BCUT2D eigenvalue weighted by atomic mass is 16.2. The first-order valence-corrected chi connectivity index (χ1v) is 10.0. The zero-order chi connectivity index (χ0) is 17.8. The fourth-order valence-electron chi connectivity index (χ4n) is 4.84. The predicted octanol–water partition coefficient (Wildman–Crippen LogP) is 3.34. The third-order valence-electron chi connectivity index (χ3n) is 6.41. The van der Waals surface area contributed by atoms with Crippen LogP contribution >= 0.6 is 0 Å². The third kappa shape index (κ3) is 2.50. The molecule has 0 unspecified atom stereocenters. The Kier molecular flexibility index (Phi) is 3.71. The van der Waals surface area contributed by atoms with Crippen LogP contribution in [0.3, 0.4) is 0 Å². The van der Waals surface area contributed by atoms with Gasteiger partial charge in [0, 0.05) is 35.7 Å². The van der Waals surface area contributed by atoms with Crippen molar-refractivity contribution >= 4 is 22.4 Å². The number of fused-ring (bicyclic) bond motifs is 2. The monoisotopic (exact) mass is 349 g/mol. The van der Waals surface area contributed by atoms with E-state index in [0.717, 1.165) is 32.4 Å². The third-order valence-corrected chi connectivity index (χ3v) is 6.41. The lowest BCUT2D eigenvalue weighted by atomic mass is 9.79.